The lowest BCUT2D eigenvalue weighted by molar-refractivity contribution is 0.0620. The van der Waals surface area contributed by atoms with E-state index in [-0.39, 0.29) is 5.41 Å². The Hall–Kier alpha value is -1.89. The average Bonchev–Trinajstić information content (AvgIpc) is 2.35. The molecule has 0 atom stereocenters. The summed E-state index contributed by atoms with van der Waals surface area (Å²) < 4.78 is 10.6. The van der Waals surface area contributed by atoms with E-state index in [1.807, 2.05) is 20.8 Å². The molecule has 2 N–H and O–H groups in total. The second-order valence-corrected chi connectivity index (χ2v) is 9.90. The molecule has 0 bridgehead atoms. The topological polar surface area (TPSA) is 76.7 Å². The summed E-state index contributed by atoms with van der Waals surface area (Å²) in [6.45, 7) is 16.8. The van der Waals surface area contributed by atoms with Crippen LogP contribution in [0.15, 0.2) is 17.0 Å². The number of nitrogens with one attached hydrogen (secondary N) is 2. The fourth-order valence-electron chi connectivity index (χ4n) is 2.22. The van der Waals surface area contributed by atoms with Crippen molar-refractivity contribution in [2.45, 2.75) is 83.8 Å². The van der Waals surface area contributed by atoms with Crippen LogP contribution in [0, 0.1) is 0 Å². The van der Waals surface area contributed by atoms with E-state index in [1.54, 1.807) is 53.7 Å². The molecule has 1 aromatic rings. The number of carbonyl (C=O) groups is 2. The molecule has 27 heavy (non-hydrogen) atoms. The highest BCUT2D eigenvalue weighted by Gasteiger charge is 2.24. The van der Waals surface area contributed by atoms with Crippen molar-refractivity contribution in [3.8, 4) is 0 Å². The highest BCUT2D eigenvalue weighted by atomic mass is 32.1. The Kier molecular flexibility index (Phi) is 6.86. The Morgan fingerprint density at radius 2 is 1.15 bits per heavy atom. The second-order valence-electron chi connectivity index (χ2n) is 9.42. The fourth-order valence-corrected chi connectivity index (χ4v) is 2.75. The van der Waals surface area contributed by atoms with Gasteiger partial charge >= 0.3 is 12.2 Å². The van der Waals surface area contributed by atoms with Gasteiger partial charge in [0.2, 0.25) is 0 Å². The monoisotopic (exact) mass is 396 g/mol. The van der Waals surface area contributed by atoms with Crippen LogP contribution >= 0.6 is 12.6 Å². The standard InChI is InChI=1S/C20H32N2O4S/c1-18(2,3)12-10-13(21-16(23)25-19(4,5)6)14(11-15(12)27)22-17(24)26-20(7,8)9/h10-11,27H,1-9H3,(H,21,23)(H,22,24). The van der Waals surface area contributed by atoms with Crippen molar-refractivity contribution in [1.29, 1.82) is 0 Å². The third kappa shape index (κ3) is 8.12. The van der Waals surface area contributed by atoms with Gasteiger partial charge in [0, 0.05) is 4.90 Å². The second kappa shape index (κ2) is 8.00. The first-order valence-corrected chi connectivity index (χ1v) is 9.30. The molecule has 6 nitrogen and oxygen atoms in total. The summed E-state index contributed by atoms with van der Waals surface area (Å²) in [5, 5.41) is 5.38. The minimum absolute atomic E-state index is 0.202. The predicted octanol–water partition coefficient (Wildman–Crippen LogP) is 5.97. The van der Waals surface area contributed by atoms with Crippen LogP contribution in [0.2, 0.25) is 0 Å². The average molecular weight is 397 g/mol. The van der Waals surface area contributed by atoms with E-state index in [4.69, 9.17) is 9.47 Å². The van der Waals surface area contributed by atoms with Crippen LogP contribution in [0.25, 0.3) is 0 Å². The molecule has 2 amide bonds. The maximum absolute atomic E-state index is 12.2. The Labute approximate surface area is 167 Å². The molecule has 0 saturated heterocycles. The molecule has 0 aliphatic carbocycles. The molecule has 0 unspecified atom stereocenters. The first-order valence-electron chi connectivity index (χ1n) is 8.85. The Morgan fingerprint density at radius 1 is 0.778 bits per heavy atom. The van der Waals surface area contributed by atoms with Gasteiger partial charge in [-0.1, -0.05) is 20.8 Å². The molecular weight excluding hydrogens is 364 g/mol. The van der Waals surface area contributed by atoms with Gasteiger partial charge in [0.1, 0.15) is 11.2 Å². The van der Waals surface area contributed by atoms with E-state index in [0.717, 1.165) is 5.56 Å². The van der Waals surface area contributed by atoms with E-state index in [1.165, 1.54) is 0 Å². The summed E-state index contributed by atoms with van der Waals surface area (Å²) in [6.07, 6.45) is -1.23. The van der Waals surface area contributed by atoms with Crippen molar-refractivity contribution in [3.05, 3.63) is 17.7 Å². The molecule has 0 spiro atoms. The van der Waals surface area contributed by atoms with Gasteiger partial charge in [-0.3, -0.25) is 10.6 Å². The van der Waals surface area contributed by atoms with Gasteiger partial charge in [0.05, 0.1) is 11.4 Å². The molecule has 0 radical (unpaired) electrons. The van der Waals surface area contributed by atoms with Gasteiger partial charge in [-0.15, -0.1) is 12.6 Å². The van der Waals surface area contributed by atoms with Crippen LogP contribution in [0.5, 0.6) is 0 Å². The lowest BCUT2D eigenvalue weighted by atomic mass is 9.86. The normalized spacial score (nSPS) is 12.4. The van der Waals surface area contributed by atoms with Crippen LogP contribution in [-0.4, -0.2) is 23.4 Å². The number of hydrogen-bond acceptors (Lipinski definition) is 5. The van der Waals surface area contributed by atoms with Gasteiger partial charge < -0.3 is 9.47 Å². The summed E-state index contributed by atoms with van der Waals surface area (Å²) in [7, 11) is 0. The van der Waals surface area contributed by atoms with Crippen molar-refractivity contribution in [3.63, 3.8) is 0 Å². The third-order valence-electron chi connectivity index (χ3n) is 3.22. The van der Waals surface area contributed by atoms with Gasteiger partial charge in [-0.25, -0.2) is 9.59 Å². The molecule has 0 aliphatic heterocycles. The van der Waals surface area contributed by atoms with Crippen LogP contribution in [0.1, 0.15) is 67.9 Å². The minimum Gasteiger partial charge on any atom is -0.444 e. The van der Waals surface area contributed by atoms with Gasteiger partial charge in [-0.05, 0) is 64.7 Å². The molecule has 0 fully saturated rings. The number of anilines is 2. The number of rotatable bonds is 2. The van der Waals surface area contributed by atoms with Crippen molar-refractivity contribution >= 4 is 36.2 Å². The molecule has 0 heterocycles. The molecule has 152 valence electrons. The molecule has 0 aliphatic rings. The highest BCUT2D eigenvalue weighted by Crippen LogP contribution is 2.36. The van der Waals surface area contributed by atoms with Crippen molar-refractivity contribution < 1.29 is 19.1 Å². The summed E-state index contributed by atoms with van der Waals surface area (Å²) in [6, 6.07) is 3.49. The van der Waals surface area contributed by atoms with E-state index >= 15 is 0 Å². The number of hydrogen-bond donors (Lipinski definition) is 3. The maximum atomic E-state index is 12.2. The number of ether oxygens (including phenoxy) is 2. The Balaban J connectivity index is 3.25. The highest BCUT2D eigenvalue weighted by molar-refractivity contribution is 7.80. The summed E-state index contributed by atoms with van der Waals surface area (Å²) in [5.74, 6) is 0. The van der Waals surface area contributed by atoms with E-state index < -0.39 is 23.4 Å². The van der Waals surface area contributed by atoms with Gasteiger partial charge in [-0.2, -0.15) is 0 Å². The predicted molar refractivity (Wildman–Crippen MR) is 112 cm³/mol. The third-order valence-corrected chi connectivity index (χ3v) is 3.59. The summed E-state index contributed by atoms with van der Waals surface area (Å²) in [4.78, 5) is 25.1. The zero-order valence-electron chi connectivity index (χ0n) is 17.7. The van der Waals surface area contributed by atoms with Crippen molar-refractivity contribution in [2.75, 3.05) is 10.6 Å². The van der Waals surface area contributed by atoms with E-state index in [2.05, 4.69) is 23.3 Å². The molecule has 1 aromatic carbocycles. The molecule has 7 heteroatoms. The van der Waals surface area contributed by atoms with E-state index in [9.17, 15) is 9.59 Å². The number of benzene rings is 1. The largest absolute Gasteiger partial charge is 0.444 e. The minimum atomic E-state index is -0.641. The first-order chi connectivity index (χ1) is 12.0. The van der Waals surface area contributed by atoms with Gasteiger partial charge in [0.25, 0.3) is 0 Å². The smallest absolute Gasteiger partial charge is 0.412 e. The quantitative estimate of drug-likeness (QED) is 0.539. The maximum Gasteiger partial charge on any atom is 0.412 e. The number of amides is 2. The SMILES string of the molecule is CC(C)(C)OC(=O)Nc1cc(S)c(C(C)(C)C)cc1NC(=O)OC(C)(C)C. The van der Waals surface area contributed by atoms with E-state index in [0.29, 0.717) is 16.3 Å². The Bertz CT molecular complexity index is 710. The zero-order valence-corrected chi connectivity index (χ0v) is 18.6. The number of thiol groups is 1. The summed E-state index contributed by atoms with van der Waals surface area (Å²) >= 11 is 4.54. The van der Waals surface area contributed by atoms with Crippen molar-refractivity contribution in [2.24, 2.45) is 0 Å². The lowest BCUT2D eigenvalue weighted by Gasteiger charge is -2.26. The lowest BCUT2D eigenvalue weighted by Crippen LogP contribution is -2.29. The number of carbonyl (C=O) groups excluding carboxylic acids is 2. The fraction of sp³-hybridized carbons (Fsp3) is 0.600. The van der Waals surface area contributed by atoms with Crippen LogP contribution < -0.4 is 10.6 Å². The van der Waals surface area contributed by atoms with Gasteiger partial charge in [0.15, 0.2) is 0 Å². The van der Waals surface area contributed by atoms with Crippen LogP contribution in [0.3, 0.4) is 0 Å². The molecular formula is C20H32N2O4S. The molecule has 0 saturated carbocycles. The molecule has 0 aromatic heterocycles. The first kappa shape index (κ1) is 23.1. The van der Waals surface area contributed by atoms with Crippen LogP contribution in [0.4, 0.5) is 21.0 Å². The Morgan fingerprint density at radius 3 is 1.48 bits per heavy atom. The zero-order chi connectivity index (χ0) is 21.2. The van der Waals surface area contributed by atoms with Crippen molar-refractivity contribution in [1.82, 2.24) is 0 Å². The van der Waals surface area contributed by atoms with Crippen LogP contribution in [-0.2, 0) is 14.9 Å². The molecule has 1 rings (SSSR count). The summed E-state index contributed by atoms with van der Waals surface area (Å²) in [5.41, 5.74) is 0.237.